The van der Waals surface area contributed by atoms with E-state index in [0.717, 1.165) is 32.1 Å². The minimum Gasteiger partial charge on any atom is -0.463 e. The Hall–Kier alpha value is -0.830. The van der Waals surface area contributed by atoms with E-state index in [-0.39, 0.29) is 12.1 Å². The van der Waals surface area contributed by atoms with Gasteiger partial charge in [-0.25, -0.2) is 4.79 Å². The summed E-state index contributed by atoms with van der Waals surface area (Å²) in [5.41, 5.74) is 0. The number of carbonyl (C=O) groups excluding carboxylic acids is 1. The van der Waals surface area contributed by atoms with E-state index in [1.807, 2.05) is 6.92 Å². The molecule has 0 spiro atoms. The molecule has 0 saturated carbocycles. The second-order valence-corrected chi connectivity index (χ2v) is 4.34. The summed E-state index contributed by atoms with van der Waals surface area (Å²) in [6.07, 6.45) is 9.55. The number of aliphatic hydroxyl groups is 1. The van der Waals surface area contributed by atoms with Crippen molar-refractivity contribution in [3.8, 4) is 0 Å². The molecule has 100 valence electrons. The molecule has 0 amide bonds. The highest BCUT2D eigenvalue weighted by atomic mass is 16.5. The molecule has 0 fully saturated rings. The van der Waals surface area contributed by atoms with Crippen LogP contribution in [0.2, 0.25) is 0 Å². The van der Waals surface area contributed by atoms with Crippen molar-refractivity contribution in [2.24, 2.45) is 0 Å². The van der Waals surface area contributed by atoms with E-state index in [2.05, 4.69) is 6.58 Å². The van der Waals surface area contributed by atoms with Crippen molar-refractivity contribution in [3.63, 3.8) is 0 Å². The van der Waals surface area contributed by atoms with Gasteiger partial charge in [-0.15, -0.1) is 0 Å². The number of hydrogen-bond donors (Lipinski definition) is 1. The molecule has 17 heavy (non-hydrogen) atoms. The minimum atomic E-state index is -0.335. The monoisotopic (exact) mass is 242 g/mol. The van der Waals surface area contributed by atoms with Crippen LogP contribution in [0.15, 0.2) is 12.7 Å². The van der Waals surface area contributed by atoms with Gasteiger partial charge in [0, 0.05) is 6.08 Å². The van der Waals surface area contributed by atoms with Gasteiger partial charge in [0.15, 0.2) is 0 Å². The fraction of sp³-hybridized carbons (Fsp3) is 0.786. The molecule has 0 aliphatic heterocycles. The van der Waals surface area contributed by atoms with Crippen LogP contribution in [0, 0.1) is 0 Å². The molecular weight excluding hydrogens is 216 g/mol. The summed E-state index contributed by atoms with van der Waals surface area (Å²) in [4.78, 5) is 10.7. The maximum Gasteiger partial charge on any atom is 0.330 e. The number of hydrogen-bond acceptors (Lipinski definition) is 3. The molecule has 0 saturated heterocycles. The molecule has 1 atom stereocenters. The fourth-order valence-corrected chi connectivity index (χ4v) is 1.62. The minimum absolute atomic E-state index is 0.117. The van der Waals surface area contributed by atoms with Crippen molar-refractivity contribution >= 4 is 5.97 Å². The zero-order valence-corrected chi connectivity index (χ0v) is 11.0. The first-order valence-electron chi connectivity index (χ1n) is 6.68. The highest BCUT2D eigenvalue weighted by Crippen LogP contribution is 2.10. The molecule has 0 heterocycles. The Morgan fingerprint density at radius 2 is 1.82 bits per heavy atom. The van der Waals surface area contributed by atoms with Crippen molar-refractivity contribution in [1.29, 1.82) is 0 Å². The summed E-state index contributed by atoms with van der Waals surface area (Å²) in [5, 5.41) is 9.35. The number of carbonyl (C=O) groups is 1. The van der Waals surface area contributed by atoms with E-state index >= 15 is 0 Å². The van der Waals surface area contributed by atoms with Crippen LogP contribution >= 0.6 is 0 Å². The Balaban J connectivity index is 3.08. The highest BCUT2D eigenvalue weighted by molar-refractivity contribution is 5.81. The van der Waals surface area contributed by atoms with Gasteiger partial charge >= 0.3 is 5.97 Å². The van der Waals surface area contributed by atoms with Crippen molar-refractivity contribution in [2.45, 2.75) is 64.4 Å². The van der Waals surface area contributed by atoms with Crippen molar-refractivity contribution in [1.82, 2.24) is 0 Å². The zero-order chi connectivity index (χ0) is 12.9. The van der Waals surface area contributed by atoms with Crippen LogP contribution in [0.4, 0.5) is 0 Å². The predicted molar refractivity (Wildman–Crippen MR) is 69.8 cm³/mol. The highest BCUT2D eigenvalue weighted by Gasteiger charge is 1.99. The van der Waals surface area contributed by atoms with Crippen LogP contribution in [-0.2, 0) is 9.53 Å². The number of rotatable bonds is 11. The van der Waals surface area contributed by atoms with Gasteiger partial charge in [0.25, 0.3) is 0 Å². The Labute approximate surface area is 105 Å². The second kappa shape index (κ2) is 11.6. The number of unbranched alkanes of at least 4 members (excludes halogenated alkanes) is 5. The number of esters is 1. The molecule has 0 aromatic heterocycles. The average molecular weight is 242 g/mol. The van der Waals surface area contributed by atoms with Gasteiger partial charge < -0.3 is 9.84 Å². The summed E-state index contributed by atoms with van der Waals surface area (Å²) in [7, 11) is 0. The maximum absolute atomic E-state index is 10.7. The largest absolute Gasteiger partial charge is 0.463 e. The molecule has 1 unspecified atom stereocenters. The van der Waals surface area contributed by atoms with Gasteiger partial charge in [-0.2, -0.15) is 0 Å². The molecule has 1 N–H and O–H groups in total. The quantitative estimate of drug-likeness (QED) is 0.344. The Bertz CT molecular complexity index is 202. The Morgan fingerprint density at radius 1 is 1.24 bits per heavy atom. The van der Waals surface area contributed by atoms with E-state index in [9.17, 15) is 9.90 Å². The lowest BCUT2D eigenvalue weighted by atomic mass is 10.1. The first-order valence-corrected chi connectivity index (χ1v) is 6.68. The van der Waals surface area contributed by atoms with Crippen molar-refractivity contribution in [3.05, 3.63) is 12.7 Å². The van der Waals surface area contributed by atoms with Crippen molar-refractivity contribution < 1.29 is 14.6 Å². The third-order valence-corrected chi connectivity index (χ3v) is 2.81. The lowest BCUT2D eigenvalue weighted by molar-refractivity contribution is -0.137. The van der Waals surface area contributed by atoms with Crippen LogP contribution in [0.5, 0.6) is 0 Å². The van der Waals surface area contributed by atoms with E-state index in [4.69, 9.17) is 4.74 Å². The fourth-order valence-electron chi connectivity index (χ4n) is 1.62. The van der Waals surface area contributed by atoms with Crippen LogP contribution in [0.3, 0.4) is 0 Å². The van der Waals surface area contributed by atoms with Crippen LogP contribution in [-0.4, -0.2) is 23.8 Å². The molecule has 0 aliphatic carbocycles. The normalized spacial score (nSPS) is 12.1. The van der Waals surface area contributed by atoms with Gasteiger partial charge in [0.2, 0.25) is 0 Å². The smallest absolute Gasteiger partial charge is 0.330 e. The van der Waals surface area contributed by atoms with Gasteiger partial charge in [-0.1, -0.05) is 45.6 Å². The molecular formula is C14H26O3. The maximum atomic E-state index is 10.7. The van der Waals surface area contributed by atoms with E-state index in [0.29, 0.717) is 6.61 Å². The van der Waals surface area contributed by atoms with Crippen LogP contribution in [0.25, 0.3) is 0 Å². The van der Waals surface area contributed by atoms with Crippen molar-refractivity contribution in [2.75, 3.05) is 6.61 Å². The van der Waals surface area contributed by atoms with Crippen LogP contribution < -0.4 is 0 Å². The van der Waals surface area contributed by atoms with Gasteiger partial charge in [-0.3, -0.25) is 0 Å². The first-order chi connectivity index (χ1) is 8.20. The lowest BCUT2D eigenvalue weighted by Gasteiger charge is -2.06. The molecule has 0 aliphatic rings. The summed E-state index contributed by atoms with van der Waals surface area (Å²) in [6, 6.07) is 0. The molecule has 3 heteroatoms. The standard InChI is InChI=1S/C14H26O3/c1-3-13(15)11-9-7-5-6-8-10-12-17-14(16)4-2/h4,13,15H,2-3,5-12H2,1H3. The van der Waals surface area contributed by atoms with E-state index in [1.54, 1.807) is 0 Å². The lowest BCUT2D eigenvalue weighted by Crippen LogP contribution is -2.03. The number of aliphatic hydroxyl groups excluding tert-OH is 1. The Morgan fingerprint density at radius 3 is 2.41 bits per heavy atom. The third-order valence-electron chi connectivity index (χ3n) is 2.81. The second-order valence-electron chi connectivity index (χ2n) is 4.34. The summed E-state index contributed by atoms with van der Waals surface area (Å²) >= 11 is 0. The summed E-state index contributed by atoms with van der Waals surface area (Å²) in [6.45, 7) is 5.84. The van der Waals surface area contributed by atoms with E-state index < -0.39 is 0 Å². The molecule has 0 rings (SSSR count). The summed E-state index contributed by atoms with van der Waals surface area (Å²) in [5.74, 6) is -0.335. The Kier molecular flexibility index (Phi) is 11.1. The van der Waals surface area contributed by atoms with Gasteiger partial charge in [0.05, 0.1) is 12.7 Å². The van der Waals surface area contributed by atoms with Gasteiger partial charge in [0.1, 0.15) is 0 Å². The SMILES string of the molecule is C=CC(=O)OCCCCCCCCC(O)CC. The molecule has 0 radical (unpaired) electrons. The zero-order valence-electron chi connectivity index (χ0n) is 11.0. The predicted octanol–water partition coefficient (Wildman–Crippen LogP) is 3.22. The van der Waals surface area contributed by atoms with Crippen LogP contribution in [0.1, 0.15) is 58.3 Å². The number of ether oxygens (including phenoxy) is 1. The topological polar surface area (TPSA) is 46.5 Å². The third kappa shape index (κ3) is 11.4. The molecule has 0 aromatic carbocycles. The molecule has 0 bridgehead atoms. The van der Waals surface area contributed by atoms with Gasteiger partial charge in [-0.05, 0) is 19.3 Å². The summed E-state index contributed by atoms with van der Waals surface area (Å²) < 4.78 is 4.87. The molecule has 0 aromatic rings. The first kappa shape index (κ1) is 16.2. The average Bonchev–Trinajstić information content (AvgIpc) is 2.35. The molecule has 3 nitrogen and oxygen atoms in total. The van der Waals surface area contributed by atoms with E-state index in [1.165, 1.54) is 25.3 Å².